The summed E-state index contributed by atoms with van der Waals surface area (Å²) >= 11 is 0. The molecule has 2 saturated heterocycles. The van der Waals surface area contributed by atoms with Crippen LogP contribution < -0.4 is 15.4 Å². The van der Waals surface area contributed by atoms with Crippen molar-refractivity contribution in [3.8, 4) is 11.5 Å². The average Bonchev–Trinajstić information content (AvgIpc) is 3.04. The van der Waals surface area contributed by atoms with Gasteiger partial charge in [-0.15, -0.1) is 0 Å². The molecule has 9 nitrogen and oxygen atoms in total. The van der Waals surface area contributed by atoms with Crippen molar-refractivity contribution in [2.45, 2.75) is 70.7 Å². The molecule has 2 atom stereocenters. The second kappa shape index (κ2) is 13.8. The number of benzene rings is 3. The molecule has 238 valence electrons. The second-order valence-electron chi connectivity index (χ2n) is 12.2. The van der Waals surface area contributed by atoms with E-state index in [0.717, 1.165) is 36.1 Å². The average molecular weight is 613 g/mol. The van der Waals surface area contributed by atoms with Crippen LogP contribution in [-0.4, -0.2) is 70.9 Å². The van der Waals surface area contributed by atoms with Crippen molar-refractivity contribution in [3.05, 3.63) is 94.5 Å². The number of aliphatic hydroxyl groups excluding tert-OH is 1. The summed E-state index contributed by atoms with van der Waals surface area (Å²) in [4.78, 5) is 43.7. The molecule has 0 bridgehead atoms. The fourth-order valence-electron chi connectivity index (χ4n) is 6.61. The van der Waals surface area contributed by atoms with Crippen molar-refractivity contribution in [3.63, 3.8) is 0 Å². The molecule has 3 N–H and O–H groups in total. The molecule has 5 rings (SSSR count). The molecule has 2 aliphatic heterocycles. The Morgan fingerprint density at radius 3 is 2.18 bits per heavy atom. The van der Waals surface area contributed by atoms with Crippen LogP contribution in [0.15, 0.2) is 66.7 Å². The SMILES string of the molecule is CCCCN1C(=O)[C@@H]([C@H](O)c2c(C)cccc2C)NC(=O)C12CCN(Cc1ccc(Oc3ccc(C(=O)NC)cc3)cc1)CC2. The van der Waals surface area contributed by atoms with E-state index >= 15 is 0 Å². The van der Waals surface area contributed by atoms with Crippen LogP contribution >= 0.6 is 0 Å². The van der Waals surface area contributed by atoms with Crippen LogP contribution in [-0.2, 0) is 16.1 Å². The van der Waals surface area contributed by atoms with E-state index in [-0.39, 0.29) is 17.7 Å². The van der Waals surface area contributed by atoms with Gasteiger partial charge in [0.15, 0.2) is 0 Å². The predicted molar refractivity (Wildman–Crippen MR) is 173 cm³/mol. The minimum atomic E-state index is -1.11. The number of rotatable bonds is 10. The Morgan fingerprint density at radius 2 is 1.60 bits per heavy atom. The topological polar surface area (TPSA) is 111 Å². The summed E-state index contributed by atoms with van der Waals surface area (Å²) in [6.07, 6.45) is 1.65. The molecule has 1 spiro atoms. The van der Waals surface area contributed by atoms with Gasteiger partial charge in [0.2, 0.25) is 11.8 Å². The summed E-state index contributed by atoms with van der Waals surface area (Å²) < 4.78 is 5.95. The van der Waals surface area contributed by atoms with Crippen molar-refractivity contribution in [2.75, 3.05) is 26.7 Å². The van der Waals surface area contributed by atoms with E-state index in [1.54, 1.807) is 36.2 Å². The summed E-state index contributed by atoms with van der Waals surface area (Å²) in [7, 11) is 1.60. The molecule has 0 unspecified atom stereocenters. The van der Waals surface area contributed by atoms with Crippen LogP contribution in [0.5, 0.6) is 11.5 Å². The van der Waals surface area contributed by atoms with E-state index in [9.17, 15) is 19.5 Å². The lowest BCUT2D eigenvalue weighted by molar-refractivity contribution is -0.164. The fourth-order valence-corrected chi connectivity index (χ4v) is 6.61. The van der Waals surface area contributed by atoms with Crippen molar-refractivity contribution in [2.24, 2.45) is 0 Å². The molecule has 3 amide bonds. The second-order valence-corrected chi connectivity index (χ2v) is 12.2. The van der Waals surface area contributed by atoms with Gasteiger partial charge in [-0.05, 0) is 91.8 Å². The molecule has 3 aromatic rings. The highest BCUT2D eigenvalue weighted by atomic mass is 16.5. The first-order valence-electron chi connectivity index (χ1n) is 15.8. The number of aliphatic hydroxyl groups is 1. The normalized spacial score (nSPS) is 18.9. The number of carbonyl (C=O) groups excluding carboxylic acids is 3. The molecule has 2 fully saturated rings. The first-order chi connectivity index (χ1) is 21.7. The molecule has 45 heavy (non-hydrogen) atoms. The number of nitrogens with one attached hydrogen (secondary N) is 2. The lowest BCUT2D eigenvalue weighted by Gasteiger charge is -2.52. The number of aryl methyl sites for hydroxylation is 2. The maximum atomic E-state index is 14.0. The highest BCUT2D eigenvalue weighted by Crippen LogP contribution is 2.37. The maximum Gasteiger partial charge on any atom is 0.251 e. The number of hydrogen-bond acceptors (Lipinski definition) is 6. The Bertz CT molecular complexity index is 1490. The molecule has 3 aromatic carbocycles. The molecular weight excluding hydrogens is 568 g/mol. The first-order valence-corrected chi connectivity index (χ1v) is 15.8. The van der Waals surface area contributed by atoms with Crippen molar-refractivity contribution in [1.29, 1.82) is 0 Å². The van der Waals surface area contributed by atoms with E-state index in [1.165, 1.54) is 0 Å². The number of nitrogens with zero attached hydrogens (tertiary/aromatic N) is 2. The minimum absolute atomic E-state index is 0.143. The zero-order valence-electron chi connectivity index (χ0n) is 26.6. The van der Waals surface area contributed by atoms with E-state index < -0.39 is 17.7 Å². The zero-order valence-corrected chi connectivity index (χ0v) is 26.6. The molecule has 2 aliphatic rings. The van der Waals surface area contributed by atoms with Crippen molar-refractivity contribution in [1.82, 2.24) is 20.4 Å². The van der Waals surface area contributed by atoms with Gasteiger partial charge in [-0.3, -0.25) is 19.3 Å². The Balaban J connectivity index is 1.23. The number of piperazine rings is 1. The molecule has 9 heteroatoms. The lowest BCUT2D eigenvalue weighted by Crippen LogP contribution is -2.73. The van der Waals surface area contributed by atoms with E-state index in [0.29, 0.717) is 55.1 Å². The number of hydrogen-bond donors (Lipinski definition) is 3. The lowest BCUT2D eigenvalue weighted by atomic mass is 9.80. The number of likely N-dealkylation sites (tertiary alicyclic amines) is 1. The minimum Gasteiger partial charge on any atom is -0.457 e. The Kier molecular flexibility index (Phi) is 9.90. The summed E-state index contributed by atoms with van der Waals surface area (Å²) in [5.74, 6) is 0.831. The van der Waals surface area contributed by atoms with Crippen LogP contribution in [0.1, 0.15) is 71.3 Å². The van der Waals surface area contributed by atoms with Crippen LogP contribution in [0.25, 0.3) is 0 Å². The molecule has 0 radical (unpaired) electrons. The Morgan fingerprint density at radius 1 is 1.00 bits per heavy atom. The van der Waals surface area contributed by atoms with Gasteiger partial charge >= 0.3 is 0 Å². The standard InChI is InChI=1S/C36H44N4O5/c1-5-6-20-40-34(43)31(32(41)30-24(2)8-7-9-25(30)3)38-35(44)36(40)18-21-39(22-19-36)23-26-10-14-28(15-11-26)45-29-16-12-27(13-17-29)33(42)37-4/h7-17,31-32,41H,5-6,18-23H2,1-4H3,(H,37,42)(H,38,44)/t31-,32-/m1/s1. The summed E-state index contributed by atoms with van der Waals surface area (Å²) in [5.41, 5.74) is 3.28. The molecular formula is C36H44N4O5. The smallest absolute Gasteiger partial charge is 0.251 e. The number of unbranched alkanes of at least 4 members (excludes halogenated alkanes) is 1. The van der Waals surface area contributed by atoms with Gasteiger partial charge < -0.3 is 25.4 Å². The molecule has 0 saturated carbocycles. The number of ether oxygens (including phenoxy) is 1. The van der Waals surface area contributed by atoms with Gasteiger partial charge in [0.25, 0.3) is 5.91 Å². The number of amides is 3. The molecule has 2 heterocycles. The first kappa shape index (κ1) is 32.2. The zero-order chi connectivity index (χ0) is 32.1. The van der Waals surface area contributed by atoms with Crippen molar-refractivity contribution >= 4 is 17.7 Å². The Hall–Kier alpha value is -4.21. The monoisotopic (exact) mass is 612 g/mol. The van der Waals surface area contributed by atoms with E-state index in [1.807, 2.05) is 56.3 Å². The van der Waals surface area contributed by atoms with Crippen LogP contribution in [0.4, 0.5) is 0 Å². The molecule has 0 aliphatic carbocycles. The van der Waals surface area contributed by atoms with Gasteiger partial charge in [0.05, 0.1) is 0 Å². The predicted octanol–water partition coefficient (Wildman–Crippen LogP) is 4.65. The van der Waals surface area contributed by atoms with Crippen LogP contribution in [0.3, 0.4) is 0 Å². The third-order valence-corrected chi connectivity index (χ3v) is 9.24. The van der Waals surface area contributed by atoms with Gasteiger partial charge in [-0.2, -0.15) is 0 Å². The van der Waals surface area contributed by atoms with Crippen molar-refractivity contribution < 1.29 is 24.2 Å². The third-order valence-electron chi connectivity index (χ3n) is 9.24. The van der Waals surface area contributed by atoms with E-state index in [2.05, 4.69) is 22.5 Å². The highest BCUT2D eigenvalue weighted by molar-refractivity contribution is 6.00. The Labute approximate surface area is 265 Å². The molecule has 0 aromatic heterocycles. The summed E-state index contributed by atoms with van der Waals surface area (Å²) in [6, 6.07) is 19.7. The van der Waals surface area contributed by atoms with E-state index in [4.69, 9.17) is 4.74 Å². The summed E-state index contributed by atoms with van der Waals surface area (Å²) in [6.45, 7) is 8.46. The highest BCUT2D eigenvalue weighted by Gasteiger charge is 2.54. The van der Waals surface area contributed by atoms with Gasteiger partial charge in [0.1, 0.15) is 29.2 Å². The van der Waals surface area contributed by atoms with Gasteiger partial charge in [-0.25, -0.2) is 0 Å². The number of piperidine rings is 1. The third kappa shape index (κ3) is 6.74. The maximum absolute atomic E-state index is 14.0. The van der Waals surface area contributed by atoms with Gasteiger partial charge in [-0.1, -0.05) is 43.7 Å². The number of carbonyl (C=O) groups is 3. The quantitative estimate of drug-likeness (QED) is 0.308. The fraction of sp³-hybridized carbons (Fsp3) is 0.417. The van der Waals surface area contributed by atoms with Gasteiger partial charge in [0, 0.05) is 38.8 Å². The van der Waals surface area contributed by atoms with Crippen LogP contribution in [0.2, 0.25) is 0 Å². The summed E-state index contributed by atoms with van der Waals surface area (Å²) in [5, 5.41) is 16.9. The largest absolute Gasteiger partial charge is 0.457 e. The van der Waals surface area contributed by atoms with Crippen LogP contribution in [0, 0.1) is 13.8 Å².